The highest BCUT2D eigenvalue weighted by atomic mass is 35.5. The smallest absolute Gasteiger partial charge is 0.328 e. The van der Waals surface area contributed by atoms with E-state index in [-0.39, 0.29) is 12.4 Å². The van der Waals surface area contributed by atoms with Crippen LogP contribution in [0.15, 0.2) is 37.5 Å². The summed E-state index contributed by atoms with van der Waals surface area (Å²) in [6.45, 7) is 8.81. The van der Waals surface area contributed by atoms with E-state index in [4.69, 9.17) is 10.2 Å². The zero-order valence-corrected chi connectivity index (χ0v) is 9.57. The van der Waals surface area contributed by atoms with Gasteiger partial charge in [0, 0.05) is 25.2 Å². The lowest BCUT2D eigenvalue weighted by atomic mass is 10.5. The number of hydrogen-bond donors (Lipinski definition) is 3. The lowest BCUT2D eigenvalue weighted by Gasteiger charge is -1.90. The molecule has 0 amide bonds. The quantitative estimate of drug-likeness (QED) is 0.373. The van der Waals surface area contributed by atoms with E-state index in [0.29, 0.717) is 12.2 Å². The summed E-state index contributed by atoms with van der Waals surface area (Å²) in [5.74, 6) is -2.51. The van der Waals surface area contributed by atoms with Crippen molar-refractivity contribution in [1.82, 2.24) is 5.32 Å². The lowest BCUT2D eigenvalue weighted by molar-refractivity contribution is -0.134. The molecule has 92 valence electrons. The van der Waals surface area contributed by atoms with E-state index in [2.05, 4.69) is 18.5 Å². The number of nitrogens with one attached hydrogen (secondary N) is 1. The molecule has 0 aromatic carbocycles. The summed E-state index contributed by atoms with van der Waals surface area (Å²) >= 11 is 0. The maximum Gasteiger partial charge on any atom is 0.328 e. The van der Waals surface area contributed by atoms with Gasteiger partial charge in [0.05, 0.1) is 0 Å². The Morgan fingerprint density at radius 2 is 1.31 bits per heavy atom. The van der Waals surface area contributed by atoms with Crippen molar-refractivity contribution >= 4 is 24.3 Å². The Kier molecular flexibility index (Phi) is 19.7. The summed E-state index contributed by atoms with van der Waals surface area (Å²) in [4.78, 5) is 19.1. The minimum Gasteiger partial charge on any atom is -0.478 e. The SMILES string of the molecule is C=CCNCC=C.Cl.O=C(O)C=CC(=O)O. The van der Waals surface area contributed by atoms with E-state index in [1.54, 1.807) is 0 Å². The van der Waals surface area contributed by atoms with Gasteiger partial charge in [-0.3, -0.25) is 0 Å². The van der Waals surface area contributed by atoms with Crippen molar-refractivity contribution in [3.05, 3.63) is 37.5 Å². The first-order chi connectivity index (χ1) is 7.04. The molecule has 0 aliphatic heterocycles. The molecule has 0 fully saturated rings. The van der Waals surface area contributed by atoms with Crippen LogP contribution in [-0.4, -0.2) is 35.2 Å². The number of rotatable bonds is 6. The molecule has 0 aromatic heterocycles. The van der Waals surface area contributed by atoms with Crippen molar-refractivity contribution in [1.29, 1.82) is 0 Å². The Bertz CT molecular complexity index is 227. The molecule has 0 unspecified atom stereocenters. The summed E-state index contributed by atoms with van der Waals surface area (Å²) < 4.78 is 0. The molecule has 0 aromatic rings. The number of hydrogen-bond acceptors (Lipinski definition) is 3. The van der Waals surface area contributed by atoms with Crippen LogP contribution in [0.1, 0.15) is 0 Å². The third kappa shape index (κ3) is 29.4. The third-order valence-corrected chi connectivity index (χ3v) is 0.946. The first kappa shape index (κ1) is 19.9. The number of carbonyl (C=O) groups is 2. The molecule has 0 aliphatic rings. The summed E-state index contributed by atoms with van der Waals surface area (Å²) in [5, 5.41) is 18.7. The molecule has 0 rings (SSSR count). The summed E-state index contributed by atoms with van der Waals surface area (Å²) in [6, 6.07) is 0. The van der Waals surface area contributed by atoms with Gasteiger partial charge in [0.1, 0.15) is 0 Å². The molecule has 16 heavy (non-hydrogen) atoms. The van der Waals surface area contributed by atoms with Crippen LogP contribution in [0.25, 0.3) is 0 Å². The van der Waals surface area contributed by atoms with Gasteiger partial charge in [0.15, 0.2) is 0 Å². The normalized spacial score (nSPS) is 8.25. The van der Waals surface area contributed by atoms with Crippen molar-refractivity contribution in [2.75, 3.05) is 13.1 Å². The molecule has 0 spiro atoms. The van der Waals surface area contributed by atoms with Gasteiger partial charge >= 0.3 is 11.9 Å². The summed E-state index contributed by atoms with van der Waals surface area (Å²) in [7, 11) is 0. The minimum absolute atomic E-state index is 0. The Morgan fingerprint density at radius 3 is 1.50 bits per heavy atom. The highest BCUT2D eigenvalue weighted by Crippen LogP contribution is 1.70. The Morgan fingerprint density at radius 1 is 1.00 bits per heavy atom. The van der Waals surface area contributed by atoms with Gasteiger partial charge in [-0.15, -0.1) is 25.6 Å². The van der Waals surface area contributed by atoms with E-state index < -0.39 is 11.9 Å². The van der Waals surface area contributed by atoms with Crippen LogP contribution < -0.4 is 5.32 Å². The predicted octanol–water partition coefficient (Wildman–Crippen LogP) is 1.08. The van der Waals surface area contributed by atoms with E-state index in [1.165, 1.54) is 0 Å². The molecule has 0 radical (unpaired) electrons. The zero-order chi connectivity index (χ0) is 12.1. The first-order valence-corrected chi connectivity index (χ1v) is 4.11. The first-order valence-electron chi connectivity index (χ1n) is 4.11. The fraction of sp³-hybridized carbons (Fsp3) is 0.200. The van der Waals surface area contributed by atoms with E-state index >= 15 is 0 Å². The van der Waals surface area contributed by atoms with Crippen molar-refractivity contribution in [2.24, 2.45) is 0 Å². The molecular formula is C10H16ClNO4. The minimum atomic E-state index is -1.26. The molecule has 0 heterocycles. The van der Waals surface area contributed by atoms with Crippen LogP contribution in [0.3, 0.4) is 0 Å². The predicted molar refractivity (Wildman–Crippen MR) is 64.9 cm³/mol. The van der Waals surface area contributed by atoms with Crippen LogP contribution in [-0.2, 0) is 9.59 Å². The number of carboxylic acids is 2. The maximum absolute atomic E-state index is 9.55. The van der Waals surface area contributed by atoms with Crippen LogP contribution in [0.4, 0.5) is 0 Å². The summed E-state index contributed by atoms with van der Waals surface area (Å²) in [6.07, 6.45) is 4.76. The Hall–Kier alpha value is -1.59. The number of aliphatic carboxylic acids is 2. The van der Waals surface area contributed by atoms with E-state index in [9.17, 15) is 9.59 Å². The molecule has 0 bridgehead atoms. The van der Waals surface area contributed by atoms with Gasteiger partial charge in [-0.2, -0.15) is 0 Å². The van der Waals surface area contributed by atoms with Gasteiger partial charge in [-0.05, 0) is 0 Å². The van der Waals surface area contributed by atoms with Gasteiger partial charge in [-0.25, -0.2) is 9.59 Å². The Labute approximate surface area is 101 Å². The average Bonchev–Trinajstić information content (AvgIpc) is 2.17. The lowest BCUT2D eigenvalue weighted by Crippen LogP contribution is -2.11. The largest absolute Gasteiger partial charge is 0.478 e. The van der Waals surface area contributed by atoms with Gasteiger partial charge in [0.25, 0.3) is 0 Å². The van der Waals surface area contributed by atoms with Crippen LogP contribution in [0.5, 0.6) is 0 Å². The molecule has 0 atom stereocenters. The fourth-order valence-electron chi connectivity index (χ4n) is 0.430. The standard InChI is InChI=1S/C6H11N.C4H4O4.ClH/c1-3-5-7-6-4-2;5-3(6)1-2-4(7)8;/h3-4,7H,1-2,5-6H2;1-2H,(H,5,6)(H,7,8);1H. The molecule has 5 nitrogen and oxygen atoms in total. The molecule has 3 N–H and O–H groups in total. The number of halogens is 1. The van der Waals surface area contributed by atoms with Crippen molar-refractivity contribution < 1.29 is 19.8 Å². The highest BCUT2D eigenvalue weighted by molar-refractivity contribution is 5.89. The molecule has 0 saturated heterocycles. The second-order valence-corrected chi connectivity index (χ2v) is 2.25. The van der Waals surface area contributed by atoms with E-state index in [0.717, 1.165) is 13.1 Å². The van der Waals surface area contributed by atoms with Crippen molar-refractivity contribution in [3.8, 4) is 0 Å². The van der Waals surface area contributed by atoms with Gasteiger partial charge in [0.2, 0.25) is 0 Å². The van der Waals surface area contributed by atoms with Crippen LogP contribution >= 0.6 is 12.4 Å². The topological polar surface area (TPSA) is 86.6 Å². The Balaban J connectivity index is -0.000000200. The fourth-order valence-corrected chi connectivity index (χ4v) is 0.430. The second-order valence-electron chi connectivity index (χ2n) is 2.25. The molecule has 0 saturated carbocycles. The van der Waals surface area contributed by atoms with Crippen molar-refractivity contribution in [2.45, 2.75) is 0 Å². The van der Waals surface area contributed by atoms with Crippen LogP contribution in [0, 0.1) is 0 Å². The zero-order valence-electron chi connectivity index (χ0n) is 8.76. The summed E-state index contributed by atoms with van der Waals surface area (Å²) in [5.41, 5.74) is 0. The molecule has 6 heteroatoms. The maximum atomic E-state index is 9.55. The third-order valence-electron chi connectivity index (χ3n) is 0.946. The number of carboxylic acid groups (broad SMARTS) is 2. The molecular weight excluding hydrogens is 234 g/mol. The van der Waals surface area contributed by atoms with E-state index in [1.807, 2.05) is 12.2 Å². The van der Waals surface area contributed by atoms with Crippen molar-refractivity contribution in [3.63, 3.8) is 0 Å². The van der Waals surface area contributed by atoms with Crippen LogP contribution in [0.2, 0.25) is 0 Å². The van der Waals surface area contributed by atoms with Gasteiger partial charge in [-0.1, -0.05) is 12.2 Å². The van der Waals surface area contributed by atoms with Gasteiger partial charge < -0.3 is 15.5 Å². The average molecular weight is 250 g/mol. The highest BCUT2D eigenvalue weighted by Gasteiger charge is 1.88. The molecule has 0 aliphatic carbocycles. The second kappa shape index (κ2) is 15.9. The monoisotopic (exact) mass is 249 g/mol.